The number of amides is 2. The standard InChI is InChI=1S/C14H20ClN3O2/c1-10(12-5-3-4-6-13(12)15)18-9-14(20)17-8-7-16-11(2)19/h3-6,10,18H,7-9H2,1-2H3,(H,16,19)(H,17,20). The van der Waals surface area contributed by atoms with Crippen LogP contribution in [0.5, 0.6) is 0 Å². The van der Waals surface area contributed by atoms with Crippen LogP contribution in [0, 0.1) is 0 Å². The number of halogens is 1. The first-order valence-corrected chi connectivity index (χ1v) is 6.87. The molecule has 0 heterocycles. The predicted molar refractivity (Wildman–Crippen MR) is 79.6 cm³/mol. The van der Waals surface area contributed by atoms with Crippen LogP contribution in [0.2, 0.25) is 5.02 Å². The molecule has 0 aliphatic carbocycles. The topological polar surface area (TPSA) is 70.2 Å². The number of carbonyl (C=O) groups excluding carboxylic acids is 2. The van der Waals surface area contributed by atoms with E-state index in [4.69, 9.17) is 11.6 Å². The molecule has 0 spiro atoms. The lowest BCUT2D eigenvalue weighted by Gasteiger charge is -2.15. The van der Waals surface area contributed by atoms with E-state index in [1.807, 2.05) is 31.2 Å². The number of hydrogen-bond acceptors (Lipinski definition) is 3. The molecule has 2 amide bonds. The van der Waals surface area contributed by atoms with E-state index >= 15 is 0 Å². The summed E-state index contributed by atoms with van der Waals surface area (Å²) in [5.74, 6) is -0.223. The van der Waals surface area contributed by atoms with E-state index in [1.54, 1.807) is 0 Å². The molecule has 0 radical (unpaired) electrons. The molecule has 3 N–H and O–H groups in total. The third kappa shape index (κ3) is 6.04. The van der Waals surface area contributed by atoms with E-state index in [-0.39, 0.29) is 24.4 Å². The minimum Gasteiger partial charge on any atom is -0.355 e. The highest BCUT2D eigenvalue weighted by molar-refractivity contribution is 6.31. The van der Waals surface area contributed by atoms with Gasteiger partial charge in [0.05, 0.1) is 6.54 Å². The molecule has 0 aromatic heterocycles. The van der Waals surface area contributed by atoms with Gasteiger partial charge in [-0.25, -0.2) is 0 Å². The Bertz CT molecular complexity index is 465. The fourth-order valence-corrected chi connectivity index (χ4v) is 1.98. The molecule has 0 bridgehead atoms. The maximum atomic E-state index is 11.6. The number of hydrogen-bond donors (Lipinski definition) is 3. The molecule has 0 saturated carbocycles. The Morgan fingerprint density at radius 2 is 1.85 bits per heavy atom. The maximum Gasteiger partial charge on any atom is 0.234 e. The maximum absolute atomic E-state index is 11.6. The molecule has 0 saturated heterocycles. The van der Waals surface area contributed by atoms with Gasteiger partial charge in [0.15, 0.2) is 0 Å². The molecule has 1 atom stereocenters. The summed E-state index contributed by atoms with van der Waals surface area (Å²) in [5, 5.41) is 9.10. The molecule has 6 heteroatoms. The molecule has 5 nitrogen and oxygen atoms in total. The molecule has 20 heavy (non-hydrogen) atoms. The van der Waals surface area contributed by atoms with E-state index in [0.29, 0.717) is 18.1 Å². The van der Waals surface area contributed by atoms with Gasteiger partial charge in [0.2, 0.25) is 11.8 Å². The van der Waals surface area contributed by atoms with Crippen molar-refractivity contribution in [2.75, 3.05) is 19.6 Å². The number of carbonyl (C=O) groups is 2. The second-order valence-electron chi connectivity index (χ2n) is 4.46. The minimum atomic E-state index is -0.116. The van der Waals surface area contributed by atoms with Crippen LogP contribution in [0.3, 0.4) is 0 Å². The van der Waals surface area contributed by atoms with Gasteiger partial charge in [-0.15, -0.1) is 0 Å². The number of benzene rings is 1. The monoisotopic (exact) mass is 297 g/mol. The van der Waals surface area contributed by atoms with Crippen LogP contribution in [0.25, 0.3) is 0 Å². The fourth-order valence-electron chi connectivity index (χ4n) is 1.68. The quantitative estimate of drug-likeness (QED) is 0.663. The van der Waals surface area contributed by atoms with Crippen molar-refractivity contribution >= 4 is 23.4 Å². The molecule has 0 aliphatic rings. The molecule has 0 fully saturated rings. The van der Waals surface area contributed by atoms with Gasteiger partial charge in [0, 0.05) is 31.1 Å². The lowest BCUT2D eigenvalue weighted by Crippen LogP contribution is -2.39. The lowest BCUT2D eigenvalue weighted by atomic mass is 10.1. The van der Waals surface area contributed by atoms with Gasteiger partial charge in [-0.3, -0.25) is 9.59 Å². The molecule has 1 unspecified atom stereocenters. The smallest absolute Gasteiger partial charge is 0.234 e. The first-order valence-electron chi connectivity index (χ1n) is 6.49. The molecular formula is C14H20ClN3O2. The van der Waals surface area contributed by atoms with Gasteiger partial charge >= 0.3 is 0 Å². The summed E-state index contributed by atoms with van der Waals surface area (Å²) in [6.07, 6.45) is 0. The van der Waals surface area contributed by atoms with Crippen LogP contribution in [0.4, 0.5) is 0 Å². The Balaban J connectivity index is 2.27. The average Bonchev–Trinajstić information content (AvgIpc) is 2.41. The van der Waals surface area contributed by atoms with Crippen molar-refractivity contribution in [1.29, 1.82) is 0 Å². The Labute approximate surface area is 124 Å². The summed E-state index contributed by atoms with van der Waals surface area (Å²) in [6, 6.07) is 7.52. The van der Waals surface area contributed by atoms with Crippen LogP contribution >= 0.6 is 11.6 Å². The zero-order valence-corrected chi connectivity index (χ0v) is 12.5. The lowest BCUT2D eigenvalue weighted by molar-refractivity contribution is -0.121. The minimum absolute atomic E-state index is 0.00945. The van der Waals surface area contributed by atoms with Gasteiger partial charge in [0.25, 0.3) is 0 Å². The molecule has 1 aromatic carbocycles. The summed E-state index contributed by atoms with van der Waals surface area (Å²) in [7, 11) is 0. The van der Waals surface area contributed by atoms with Gasteiger partial charge in [-0.2, -0.15) is 0 Å². The summed E-state index contributed by atoms with van der Waals surface area (Å²) in [6.45, 7) is 4.44. The number of rotatable bonds is 7. The van der Waals surface area contributed by atoms with Crippen molar-refractivity contribution in [2.24, 2.45) is 0 Å². The van der Waals surface area contributed by atoms with E-state index in [0.717, 1.165) is 5.56 Å². The van der Waals surface area contributed by atoms with Crippen molar-refractivity contribution < 1.29 is 9.59 Å². The van der Waals surface area contributed by atoms with Crippen molar-refractivity contribution in [3.63, 3.8) is 0 Å². The molecule has 1 aromatic rings. The van der Waals surface area contributed by atoms with Crippen LogP contribution in [-0.4, -0.2) is 31.4 Å². The Morgan fingerprint density at radius 3 is 2.50 bits per heavy atom. The van der Waals surface area contributed by atoms with E-state index < -0.39 is 0 Å². The molecule has 1 rings (SSSR count). The predicted octanol–water partition coefficient (Wildman–Crippen LogP) is 1.24. The Hall–Kier alpha value is -1.59. The Kier molecular flexibility index (Phi) is 7.04. The van der Waals surface area contributed by atoms with Crippen LogP contribution < -0.4 is 16.0 Å². The summed E-state index contributed by atoms with van der Waals surface area (Å²) in [5.41, 5.74) is 0.959. The SMILES string of the molecule is CC(=O)NCCNC(=O)CNC(C)c1ccccc1Cl. The summed E-state index contributed by atoms with van der Waals surface area (Å²) in [4.78, 5) is 22.2. The Morgan fingerprint density at radius 1 is 1.20 bits per heavy atom. The van der Waals surface area contributed by atoms with Gasteiger partial charge in [0.1, 0.15) is 0 Å². The zero-order valence-electron chi connectivity index (χ0n) is 11.7. The fraction of sp³-hybridized carbons (Fsp3) is 0.429. The van der Waals surface area contributed by atoms with Crippen LogP contribution in [0.15, 0.2) is 24.3 Å². The van der Waals surface area contributed by atoms with Gasteiger partial charge in [-0.1, -0.05) is 29.8 Å². The molecule has 0 aliphatic heterocycles. The zero-order chi connectivity index (χ0) is 15.0. The van der Waals surface area contributed by atoms with Crippen LogP contribution in [0.1, 0.15) is 25.5 Å². The number of nitrogens with one attached hydrogen (secondary N) is 3. The molecule has 110 valence electrons. The summed E-state index contributed by atoms with van der Waals surface area (Å²) < 4.78 is 0. The van der Waals surface area contributed by atoms with E-state index in [2.05, 4.69) is 16.0 Å². The first-order chi connectivity index (χ1) is 9.50. The van der Waals surface area contributed by atoms with Crippen molar-refractivity contribution in [1.82, 2.24) is 16.0 Å². The first kappa shape index (κ1) is 16.5. The highest BCUT2D eigenvalue weighted by Crippen LogP contribution is 2.21. The van der Waals surface area contributed by atoms with E-state index in [9.17, 15) is 9.59 Å². The van der Waals surface area contributed by atoms with E-state index in [1.165, 1.54) is 6.92 Å². The van der Waals surface area contributed by atoms with Gasteiger partial charge < -0.3 is 16.0 Å². The summed E-state index contributed by atoms with van der Waals surface area (Å²) >= 11 is 6.09. The van der Waals surface area contributed by atoms with Crippen molar-refractivity contribution in [3.8, 4) is 0 Å². The van der Waals surface area contributed by atoms with Crippen molar-refractivity contribution in [3.05, 3.63) is 34.9 Å². The van der Waals surface area contributed by atoms with Crippen LogP contribution in [-0.2, 0) is 9.59 Å². The molecular weight excluding hydrogens is 278 g/mol. The average molecular weight is 298 g/mol. The third-order valence-corrected chi connectivity index (χ3v) is 3.11. The largest absolute Gasteiger partial charge is 0.355 e. The second kappa shape index (κ2) is 8.55. The van der Waals surface area contributed by atoms with Crippen molar-refractivity contribution in [2.45, 2.75) is 19.9 Å². The highest BCUT2D eigenvalue weighted by atomic mass is 35.5. The normalized spacial score (nSPS) is 11.8. The van der Waals surface area contributed by atoms with Gasteiger partial charge in [-0.05, 0) is 18.6 Å². The highest BCUT2D eigenvalue weighted by Gasteiger charge is 2.10. The third-order valence-electron chi connectivity index (χ3n) is 2.76. The second-order valence-corrected chi connectivity index (χ2v) is 4.86.